The Morgan fingerprint density at radius 1 is 1.10 bits per heavy atom. The highest BCUT2D eigenvalue weighted by Gasteiger charge is 2.00. The molecule has 0 saturated carbocycles. The zero-order valence-corrected chi connectivity index (χ0v) is 12.6. The summed E-state index contributed by atoms with van der Waals surface area (Å²) in [6.45, 7) is 3.17. The van der Waals surface area contributed by atoms with Crippen LogP contribution in [0.25, 0.3) is 0 Å². The topological polar surface area (TPSA) is 90.4 Å². The van der Waals surface area contributed by atoms with Crippen molar-refractivity contribution in [2.45, 2.75) is 32.1 Å². The van der Waals surface area contributed by atoms with Crippen LogP contribution in [-0.4, -0.2) is 32.2 Å². The molecule has 0 atom stereocenters. The first kappa shape index (κ1) is 17.5. The molecule has 118 valence electrons. The quantitative estimate of drug-likeness (QED) is 0.515. The van der Waals surface area contributed by atoms with Crippen LogP contribution in [0.4, 0.5) is 5.69 Å². The number of hydrogen-bond donors (Lipinski definition) is 3. The van der Waals surface area contributed by atoms with Gasteiger partial charge in [0.05, 0.1) is 0 Å². The summed E-state index contributed by atoms with van der Waals surface area (Å²) in [6.07, 6.45) is 5.53. The van der Waals surface area contributed by atoms with Crippen LogP contribution in [0.5, 0.6) is 0 Å². The van der Waals surface area contributed by atoms with Gasteiger partial charge in [-0.05, 0) is 44.0 Å². The first-order valence-electron chi connectivity index (χ1n) is 7.65. The number of ether oxygens (including phenoxy) is 1. The third-order valence-corrected chi connectivity index (χ3v) is 3.18. The molecule has 1 aromatic carbocycles. The minimum Gasteiger partial charge on any atom is -0.385 e. The summed E-state index contributed by atoms with van der Waals surface area (Å²) in [5.41, 5.74) is 12.1. The third kappa shape index (κ3) is 8.32. The zero-order valence-electron chi connectivity index (χ0n) is 12.6. The van der Waals surface area contributed by atoms with Crippen molar-refractivity contribution in [1.82, 2.24) is 0 Å². The number of hydrogen-bond acceptors (Lipinski definition) is 4. The van der Waals surface area contributed by atoms with E-state index >= 15 is 0 Å². The van der Waals surface area contributed by atoms with E-state index in [0.717, 1.165) is 51.3 Å². The number of carbonyl (C=O) groups is 1. The van der Waals surface area contributed by atoms with Gasteiger partial charge in [-0.25, -0.2) is 0 Å². The number of amides is 1. The van der Waals surface area contributed by atoms with E-state index in [1.807, 2.05) is 12.1 Å². The van der Waals surface area contributed by atoms with Crippen molar-refractivity contribution >= 4 is 11.6 Å². The summed E-state index contributed by atoms with van der Waals surface area (Å²) < 4.78 is 5.57. The molecule has 0 bridgehead atoms. The Balaban J connectivity index is 2.01. The maximum Gasteiger partial charge on any atom is 0.248 e. The fraction of sp³-hybridized carbons (Fsp3) is 0.562. The largest absolute Gasteiger partial charge is 0.385 e. The highest BCUT2D eigenvalue weighted by Crippen LogP contribution is 2.10. The van der Waals surface area contributed by atoms with Crippen molar-refractivity contribution in [2.24, 2.45) is 11.5 Å². The van der Waals surface area contributed by atoms with Gasteiger partial charge in [0, 0.05) is 31.0 Å². The molecule has 0 aliphatic heterocycles. The molecule has 21 heavy (non-hydrogen) atoms. The van der Waals surface area contributed by atoms with E-state index in [9.17, 15) is 4.79 Å². The standard InChI is InChI=1S/C16H27N3O2/c17-9-3-1-2-4-11-21-12-6-10-19-15-8-5-7-14(13-15)16(18)20/h5,7-8,13,19H,1-4,6,9-12,17H2,(H2,18,20). The van der Waals surface area contributed by atoms with Gasteiger partial charge in [0.15, 0.2) is 0 Å². The second-order valence-corrected chi connectivity index (χ2v) is 5.04. The monoisotopic (exact) mass is 293 g/mol. The van der Waals surface area contributed by atoms with Gasteiger partial charge in [-0.3, -0.25) is 4.79 Å². The van der Waals surface area contributed by atoms with Crippen molar-refractivity contribution in [3.05, 3.63) is 29.8 Å². The first-order valence-corrected chi connectivity index (χ1v) is 7.65. The minimum atomic E-state index is -0.406. The van der Waals surface area contributed by atoms with E-state index in [-0.39, 0.29) is 0 Å². The molecule has 0 saturated heterocycles. The smallest absolute Gasteiger partial charge is 0.248 e. The van der Waals surface area contributed by atoms with Crippen LogP contribution in [0.15, 0.2) is 24.3 Å². The number of anilines is 1. The Kier molecular flexibility index (Phi) is 9.24. The molecule has 0 spiro atoms. The van der Waals surface area contributed by atoms with Gasteiger partial charge in [-0.2, -0.15) is 0 Å². The van der Waals surface area contributed by atoms with Crippen molar-refractivity contribution in [3.63, 3.8) is 0 Å². The average molecular weight is 293 g/mol. The highest BCUT2D eigenvalue weighted by molar-refractivity contribution is 5.93. The number of nitrogens with one attached hydrogen (secondary N) is 1. The van der Waals surface area contributed by atoms with Crippen molar-refractivity contribution in [1.29, 1.82) is 0 Å². The van der Waals surface area contributed by atoms with Crippen LogP contribution in [0, 0.1) is 0 Å². The number of nitrogens with two attached hydrogens (primary N) is 2. The summed E-state index contributed by atoms with van der Waals surface area (Å²) in [4.78, 5) is 11.1. The van der Waals surface area contributed by atoms with Gasteiger partial charge in [0.25, 0.3) is 0 Å². The molecule has 0 unspecified atom stereocenters. The Hall–Kier alpha value is -1.59. The Labute approximate surface area is 127 Å². The zero-order chi connectivity index (χ0) is 15.3. The fourth-order valence-corrected chi connectivity index (χ4v) is 1.99. The van der Waals surface area contributed by atoms with E-state index in [1.165, 1.54) is 12.8 Å². The molecular weight excluding hydrogens is 266 g/mol. The lowest BCUT2D eigenvalue weighted by Crippen LogP contribution is -2.12. The Morgan fingerprint density at radius 3 is 2.62 bits per heavy atom. The molecule has 0 aliphatic rings. The molecule has 5 heteroatoms. The maximum atomic E-state index is 11.1. The number of carbonyl (C=O) groups excluding carboxylic acids is 1. The Bertz CT molecular complexity index is 410. The van der Waals surface area contributed by atoms with E-state index in [2.05, 4.69) is 5.32 Å². The van der Waals surface area contributed by atoms with Crippen molar-refractivity contribution in [2.75, 3.05) is 31.6 Å². The summed E-state index contributed by atoms with van der Waals surface area (Å²) in [7, 11) is 0. The summed E-state index contributed by atoms with van der Waals surface area (Å²) in [6, 6.07) is 7.22. The van der Waals surface area contributed by atoms with Crippen molar-refractivity contribution < 1.29 is 9.53 Å². The van der Waals surface area contributed by atoms with Gasteiger partial charge in [0.2, 0.25) is 5.91 Å². The normalized spacial score (nSPS) is 10.5. The van der Waals surface area contributed by atoms with Crippen molar-refractivity contribution in [3.8, 4) is 0 Å². The first-order chi connectivity index (χ1) is 10.2. The minimum absolute atomic E-state index is 0.406. The van der Waals surface area contributed by atoms with Gasteiger partial charge < -0.3 is 21.5 Å². The number of unbranched alkanes of at least 4 members (excludes halogenated alkanes) is 3. The second kappa shape index (κ2) is 11.1. The molecule has 0 heterocycles. The van der Waals surface area contributed by atoms with Gasteiger partial charge in [-0.1, -0.05) is 18.9 Å². The molecule has 0 aromatic heterocycles. The van der Waals surface area contributed by atoms with Crippen LogP contribution in [0.3, 0.4) is 0 Å². The van der Waals surface area contributed by atoms with Gasteiger partial charge in [-0.15, -0.1) is 0 Å². The van der Waals surface area contributed by atoms with Crippen LogP contribution >= 0.6 is 0 Å². The lowest BCUT2D eigenvalue weighted by Gasteiger charge is -2.08. The Morgan fingerprint density at radius 2 is 1.86 bits per heavy atom. The predicted octanol–water partition coefficient (Wildman–Crippen LogP) is 2.12. The molecule has 5 N–H and O–H groups in total. The molecule has 5 nitrogen and oxygen atoms in total. The fourth-order valence-electron chi connectivity index (χ4n) is 1.99. The second-order valence-electron chi connectivity index (χ2n) is 5.04. The molecule has 1 aromatic rings. The predicted molar refractivity (Wildman–Crippen MR) is 86.4 cm³/mol. The SMILES string of the molecule is NCCCCCCOCCCNc1cccc(C(N)=O)c1. The van der Waals surface area contributed by atoms with E-state index in [4.69, 9.17) is 16.2 Å². The van der Waals surface area contributed by atoms with Gasteiger partial charge in [0.1, 0.15) is 0 Å². The van der Waals surface area contributed by atoms with Crippen LogP contribution < -0.4 is 16.8 Å². The number of rotatable bonds is 12. The lowest BCUT2D eigenvalue weighted by molar-refractivity contribution is 0.100. The summed E-state index contributed by atoms with van der Waals surface area (Å²) in [5.74, 6) is -0.406. The van der Waals surface area contributed by atoms with Gasteiger partial charge >= 0.3 is 0 Å². The molecule has 1 rings (SSSR count). The summed E-state index contributed by atoms with van der Waals surface area (Å²) in [5, 5.41) is 3.26. The molecule has 0 aliphatic carbocycles. The third-order valence-electron chi connectivity index (χ3n) is 3.18. The van der Waals surface area contributed by atoms with E-state index in [1.54, 1.807) is 12.1 Å². The van der Waals surface area contributed by atoms with Crippen LogP contribution in [0.2, 0.25) is 0 Å². The molecule has 1 amide bonds. The average Bonchev–Trinajstić information content (AvgIpc) is 2.49. The maximum absolute atomic E-state index is 11.1. The van der Waals surface area contributed by atoms with Crippen LogP contribution in [-0.2, 0) is 4.74 Å². The van der Waals surface area contributed by atoms with Crippen LogP contribution in [0.1, 0.15) is 42.5 Å². The van der Waals surface area contributed by atoms with E-state index < -0.39 is 5.91 Å². The molecule has 0 radical (unpaired) electrons. The lowest BCUT2D eigenvalue weighted by atomic mass is 10.2. The summed E-state index contributed by atoms with van der Waals surface area (Å²) >= 11 is 0. The number of benzene rings is 1. The van der Waals surface area contributed by atoms with E-state index in [0.29, 0.717) is 5.56 Å². The molecule has 0 fully saturated rings. The highest BCUT2D eigenvalue weighted by atomic mass is 16.5. The number of primary amides is 1. The molecular formula is C16H27N3O2.